The first-order chi connectivity index (χ1) is 16.7. The maximum atomic E-state index is 14.6. The summed E-state index contributed by atoms with van der Waals surface area (Å²) in [6.45, 7) is -0.286. The van der Waals surface area contributed by atoms with Crippen LogP contribution in [0, 0.1) is 11.7 Å². The highest BCUT2D eigenvalue weighted by Gasteiger charge is 2.43. The number of likely N-dealkylation sites (tertiary alicyclic amines) is 2. The number of halogens is 3. The number of aromatic amines is 1. The normalized spacial score (nSPS) is 19.5. The predicted molar refractivity (Wildman–Crippen MR) is 122 cm³/mol. The van der Waals surface area contributed by atoms with E-state index in [9.17, 15) is 27.6 Å². The molecule has 182 valence electrons. The monoisotopic (exact) mass is 484 g/mol. The number of carbonyl (C=O) groups is 2. The minimum atomic E-state index is -2.88. The van der Waals surface area contributed by atoms with Crippen LogP contribution in [0.25, 0.3) is 10.8 Å². The first kappa shape index (κ1) is 23.1. The first-order valence-electron chi connectivity index (χ1n) is 11.4. The van der Waals surface area contributed by atoms with Crippen LogP contribution in [0.4, 0.5) is 13.2 Å². The molecule has 10 heteroatoms. The molecule has 2 amide bonds. The van der Waals surface area contributed by atoms with Gasteiger partial charge in [0.2, 0.25) is 5.91 Å². The van der Waals surface area contributed by atoms with Gasteiger partial charge in [0.15, 0.2) is 0 Å². The Morgan fingerprint density at radius 3 is 2.60 bits per heavy atom. The third kappa shape index (κ3) is 4.52. The Morgan fingerprint density at radius 1 is 1.09 bits per heavy atom. The summed E-state index contributed by atoms with van der Waals surface area (Å²) in [5, 5.41) is 7.75. The maximum Gasteiger partial charge on any atom is 0.272 e. The van der Waals surface area contributed by atoms with Gasteiger partial charge < -0.3 is 9.80 Å². The van der Waals surface area contributed by atoms with Gasteiger partial charge in [0.05, 0.1) is 29.1 Å². The minimum Gasteiger partial charge on any atom is -0.338 e. The number of alkyl halides is 2. The van der Waals surface area contributed by atoms with E-state index >= 15 is 0 Å². The number of fused-ring (bicyclic) bond motifs is 1. The van der Waals surface area contributed by atoms with Crippen LogP contribution in [-0.2, 0) is 11.2 Å². The lowest BCUT2D eigenvalue weighted by molar-refractivity contribution is -0.135. The minimum absolute atomic E-state index is 0.000419. The van der Waals surface area contributed by atoms with Gasteiger partial charge in [-0.05, 0) is 30.2 Å². The van der Waals surface area contributed by atoms with Crippen LogP contribution >= 0.6 is 0 Å². The van der Waals surface area contributed by atoms with Gasteiger partial charge in [-0.3, -0.25) is 14.4 Å². The van der Waals surface area contributed by atoms with Crippen LogP contribution in [0.5, 0.6) is 0 Å². The van der Waals surface area contributed by atoms with E-state index in [4.69, 9.17) is 0 Å². The third-order valence-electron chi connectivity index (χ3n) is 6.71. The van der Waals surface area contributed by atoms with Gasteiger partial charge in [-0.2, -0.15) is 5.10 Å². The molecule has 2 aliphatic heterocycles. The summed E-state index contributed by atoms with van der Waals surface area (Å²) in [7, 11) is 0. The molecule has 35 heavy (non-hydrogen) atoms. The highest BCUT2D eigenvalue weighted by Crippen LogP contribution is 2.30. The second-order valence-corrected chi connectivity index (χ2v) is 9.14. The third-order valence-corrected chi connectivity index (χ3v) is 6.71. The van der Waals surface area contributed by atoms with Crippen molar-refractivity contribution < 1.29 is 22.8 Å². The average molecular weight is 484 g/mol. The molecular formula is C25H23F3N4O3. The molecule has 3 heterocycles. The number of hydrogen-bond acceptors (Lipinski definition) is 4. The van der Waals surface area contributed by atoms with Gasteiger partial charge in [0.25, 0.3) is 17.4 Å². The average Bonchev–Trinajstić information content (AvgIpc) is 3.48. The van der Waals surface area contributed by atoms with Crippen LogP contribution in [0.3, 0.4) is 0 Å². The summed E-state index contributed by atoms with van der Waals surface area (Å²) in [6.07, 6.45) is 0.259. The number of hydrogen-bond donors (Lipinski definition) is 1. The molecule has 0 radical (unpaired) electrons. The van der Waals surface area contributed by atoms with E-state index in [1.54, 1.807) is 30.3 Å². The van der Waals surface area contributed by atoms with E-state index in [-0.39, 0.29) is 49.5 Å². The van der Waals surface area contributed by atoms with E-state index in [0.717, 1.165) is 4.90 Å². The fourth-order valence-corrected chi connectivity index (χ4v) is 4.84. The van der Waals surface area contributed by atoms with E-state index in [1.807, 2.05) is 0 Å². The molecule has 1 N–H and O–H groups in total. The van der Waals surface area contributed by atoms with Crippen LogP contribution < -0.4 is 5.56 Å². The van der Waals surface area contributed by atoms with Crippen molar-refractivity contribution in [3.8, 4) is 0 Å². The van der Waals surface area contributed by atoms with Crippen molar-refractivity contribution in [3.05, 3.63) is 75.5 Å². The number of H-pyrrole nitrogens is 1. The second kappa shape index (κ2) is 8.83. The molecule has 1 unspecified atom stereocenters. The molecule has 2 aliphatic rings. The molecule has 0 aliphatic carbocycles. The zero-order valence-electron chi connectivity index (χ0n) is 18.8. The molecule has 0 bridgehead atoms. The van der Waals surface area contributed by atoms with Crippen LogP contribution in [0.15, 0.2) is 47.3 Å². The largest absolute Gasteiger partial charge is 0.338 e. The van der Waals surface area contributed by atoms with E-state index in [2.05, 4.69) is 10.2 Å². The van der Waals surface area contributed by atoms with E-state index in [0.29, 0.717) is 28.5 Å². The maximum absolute atomic E-state index is 14.6. The van der Waals surface area contributed by atoms with Gasteiger partial charge in [-0.15, -0.1) is 0 Å². The standard InChI is InChI=1S/C25H23F3N4O3/c26-20-6-5-15(12-21-17-3-1-2-4-18(17)22(33)30-29-21)11-19(20)24(35)31-9-7-16(13-31)23(34)32-10-8-25(27,28)14-32/h1-6,11,16H,7-10,12-14H2,(H,30,33). The number of amides is 2. The topological polar surface area (TPSA) is 86.4 Å². The van der Waals surface area contributed by atoms with Crippen LogP contribution in [0.2, 0.25) is 0 Å². The predicted octanol–water partition coefficient (Wildman–Crippen LogP) is 2.98. The van der Waals surface area contributed by atoms with Gasteiger partial charge in [-0.1, -0.05) is 24.3 Å². The second-order valence-electron chi connectivity index (χ2n) is 9.14. The van der Waals surface area contributed by atoms with Gasteiger partial charge in [0.1, 0.15) is 5.82 Å². The summed E-state index contributed by atoms with van der Waals surface area (Å²) in [5.41, 5.74) is 0.775. The number of carbonyl (C=O) groups excluding carboxylic acids is 2. The summed E-state index contributed by atoms with van der Waals surface area (Å²) in [5.74, 6) is -5.07. The van der Waals surface area contributed by atoms with Gasteiger partial charge in [-0.25, -0.2) is 18.3 Å². The van der Waals surface area contributed by atoms with Crippen LogP contribution in [0.1, 0.15) is 34.5 Å². The Morgan fingerprint density at radius 2 is 1.86 bits per heavy atom. The van der Waals surface area contributed by atoms with Crippen molar-refractivity contribution in [3.63, 3.8) is 0 Å². The lowest BCUT2D eigenvalue weighted by Crippen LogP contribution is -2.38. The van der Waals surface area contributed by atoms with Crippen LogP contribution in [-0.4, -0.2) is 63.9 Å². The molecule has 2 fully saturated rings. The molecule has 5 rings (SSSR count). The molecule has 7 nitrogen and oxygen atoms in total. The van der Waals surface area contributed by atoms with E-state index in [1.165, 1.54) is 17.0 Å². The Kier molecular flexibility index (Phi) is 5.82. The molecule has 2 aromatic carbocycles. The smallest absolute Gasteiger partial charge is 0.272 e. The molecule has 2 saturated heterocycles. The number of nitrogens with one attached hydrogen (secondary N) is 1. The summed E-state index contributed by atoms with van der Waals surface area (Å²) in [6, 6.07) is 11.2. The van der Waals surface area contributed by atoms with Crippen molar-refractivity contribution >= 4 is 22.6 Å². The molecule has 0 saturated carbocycles. The highest BCUT2D eigenvalue weighted by molar-refractivity contribution is 5.95. The first-order valence-corrected chi connectivity index (χ1v) is 11.4. The molecule has 3 aromatic rings. The van der Waals surface area contributed by atoms with Gasteiger partial charge in [0, 0.05) is 37.9 Å². The van der Waals surface area contributed by atoms with E-state index < -0.39 is 30.1 Å². The lowest BCUT2D eigenvalue weighted by atomic mass is 10.0. The van der Waals surface area contributed by atoms with Crippen molar-refractivity contribution in [1.29, 1.82) is 0 Å². The highest BCUT2D eigenvalue weighted by atomic mass is 19.3. The quantitative estimate of drug-likeness (QED) is 0.617. The number of nitrogens with zero attached hydrogens (tertiary/aromatic N) is 3. The summed E-state index contributed by atoms with van der Waals surface area (Å²) < 4.78 is 41.6. The van der Waals surface area contributed by atoms with Crippen molar-refractivity contribution in [2.24, 2.45) is 5.92 Å². The van der Waals surface area contributed by atoms with Crippen molar-refractivity contribution in [2.75, 3.05) is 26.2 Å². The molecule has 0 spiro atoms. The lowest BCUT2D eigenvalue weighted by Gasteiger charge is -2.21. The van der Waals surface area contributed by atoms with Crippen molar-refractivity contribution in [2.45, 2.75) is 25.2 Å². The SMILES string of the molecule is O=C(c1cc(Cc2n[nH]c(=O)c3ccccc23)ccc1F)N1CCC(C(=O)N2CCC(F)(F)C2)C1. The Hall–Kier alpha value is -3.69. The summed E-state index contributed by atoms with van der Waals surface area (Å²) in [4.78, 5) is 40.3. The molecular weight excluding hydrogens is 461 g/mol. The Balaban J connectivity index is 1.32. The fraction of sp³-hybridized carbons (Fsp3) is 0.360. The van der Waals surface area contributed by atoms with Gasteiger partial charge >= 0.3 is 0 Å². The number of aromatic nitrogens is 2. The number of rotatable bonds is 4. The zero-order valence-corrected chi connectivity index (χ0v) is 18.8. The molecule has 1 atom stereocenters. The Bertz CT molecular complexity index is 1370. The molecule has 1 aromatic heterocycles. The van der Waals surface area contributed by atoms with Crippen molar-refractivity contribution in [1.82, 2.24) is 20.0 Å². The Labute approximate surface area is 198 Å². The zero-order chi connectivity index (χ0) is 24.7. The number of benzene rings is 2. The fourth-order valence-electron chi connectivity index (χ4n) is 4.84. The summed E-state index contributed by atoms with van der Waals surface area (Å²) >= 11 is 0.